The fraction of sp³-hybridized carbons (Fsp3) is 0.231. The van der Waals surface area contributed by atoms with Gasteiger partial charge in [0, 0.05) is 11.1 Å². The fourth-order valence-electron chi connectivity index (χ4n) is 1.75. The number of carbonyl (C=O) groups is 2. The quantitative estimate of drug-likeness (QED) is 0.673. The normalized spacial score (nSPS) is 16.3. The van der Waals surface area contributed by atoms with E-state index in [0.29, 0.717) is 16.8 Å². The smallest absolute Gasteiger partial charge is 0.261 e. The van der Waals surface area contributed by atoms with E-state index in [1.807, 2.05) is 25.1 Å². The lowest BCUT2D eigenvalue weighted by molar-refractivity contribution is -0.120. The van der Waals surface area contributed by atoms with Gasteiger partial charge in [-0.3, -0.25) is 9.59 Å². The van der Waals surface area contributed by atoms with Gasteiger partial charge in [-0.1, -0.05) is 12.1 Å². The number of carbonyl (C=O) groups excluding carboxylic acids is 2. The van der Waals surface area contributed by atoms with Crippen LogP contribution in [0.5, 0.6) is 0 Å². The molecule has 1 heterocycles. The highest BCUT2D eigenvalue weighted by Gasteiger charge is 2.34. The first kappa shape index (κ1) is 10.6. The number of anilines is 1. The Bertz CT molecular complexity index is 490. The minimum atomic E-state index is -0.215. The molecule has 0 bridgehead atoms. The van der Waals surface area contributed by atoms with Crippen molar-refractivity contribution in [2.24, 2.45) is 0 Å². The number of rotatable bonds is 1. The van der Waals surface area contributed by atoms with Crippen LogP contribution in [0.4, 0.5) is 5.69 Å². The Kier molecular flexibility index (Phi) is 2.38. The highest BCUT2D eigenvalue weighted by Crippen LogP contribution is 2.26. The number of hydrogen-bond donors (Lipinski definition) is 0. The molecule has 0 atom stereocenters. The molecule has 2 amide bonds. The Morgan fingerprint density at radius 2 is 1.50 bits per heavy atom. The number of hydrogen-bond acceptors (Lipinski definition) is 2. The maximum Gasteiger partial charge on any atom is 0.261 e. The van der Waals surface area contributed by atoms with Crippen LogP contribution in [0.15, 0.2) is 35.4 Å². The summed E-state index contributed by atoms with van der Waals surface area (Å²) in [5, 5.41) is 0. The molecule has 82 valence electrons. The molecule has 0 saturated carbocycles. The molecule has 0 radical (unpaired) electrons. The Balaban J connectivity index is 2.46. The molecular weight excluding hydrogens is 202 g/mol. The molecule has 0 aromatic heterocycles. The lowest BCUT2D eigenvalue weighted by atomic mass is 10.2. The summed E-state index contributed by atoms with van der Waals surface area (Å²) in [5.41, 5.74) is 2.74. The van der Waals surface area contributed by atoms with Gasteiger partial charge in [0.15, 0.2) is 0 Å². The average Bonchev–Trinajstić information content (AvgIpc) is 2.44. The Hall–Kier alpha value is -1.90. The summed E-state index contributed by atoms with van der Waals surface area (Å²) in [5.74, 6) is -0.429. The predicted molar refractivity (Wildman–Crippen MR) is 62.0 cm³/mol. The van der Waals surface area contributed by atoms with Crippen LogP contribution in [0.3, 0.4) is 0 Å². The first-order chi connectivity index (χ1) is 7.52. The SMILES string of the molecule is CC1=C(C)C(=O)N(c2cccc(C)c2)C1=O. The highest BCUT2D eigenvalue weighted by atomic mass is 16.2. The monoisotopic (exact) mass is 215 g/mol. The second kappa shape index (κ2) is 3.59. The molecule has 0 aliphatic carbocycles. The molecule has 0 unspecified atom stereocenters. The van der Waals surface area contributed by atoms with Crippen molar-refractivity contribution in [3.05, 3.63) is 41.0 Å². The Labute approximate surface area is 94.4 Å². The predicted octanol–water partition coefficient (Wildman–Crippen LogP) is 2.20. The molecule has 16 heavy (non-hydrogen) atoms. The summed E-state index contributed by atoms with van der Waals surface area (Å²) in [6.45, 7) is 5.30. The topological polar surface area (TPSA) is 37.4 Å². The molecule has 3 nitrogen and oxygen atoms in total. The van der Waals surface area contributed by atoms with Gasteiger partial charge in [0.2, 0.25) is 0 Å². The lowest BCUT2D eigenvalue weighted by Crippen LogP contribution is -2.31. The lowest BCUT2D eigenvalue weighted by Gasteiger charge is -2.15. The van der Waals surface area contributed by atoms with Crippen LogP contribution in [0, 0.1) is 6.92 Å². The van der Waals surface area contributed by atoms with Crippen molar-refractivity contribution in [3.63, 3.8) is 0 Å². The molecular formula is C13H13NO2. The summed E-state index contributed by atoms with van der Waals surface area (Å²) >= 11 is 0. The van der Waals surface area contributed by atoms with Gasteiger partial charge in [0.1, 0.15) is 0 Å². The molecule has 0 fully saturated rings. The molecule has 2 rings (SSSR count). The highest BCUT2D eigenvalue weighted by molar-refractivity contribution is 6.32. The van der Waals surface area contributed by atoms with E-state index in [9.17, 15) is 9.59 Å². The van der Waals surface area contributed by atoms with E-state index in [0.717, 1.165) is 5.56 Å². The van der Waals surface area contributed by atoms with Gasteiger partial charge in [-0.05, 0) is 38.5 Å². The van der Waals surface area contributed by atoms with E-state index < -0.39 is 0 Å². The zero-order valence-electron chi connectivity index (χ0n) is 9.57. The zero-order valence-corrected chi connectivity index (χ0v) is 9.57. The fourth-order valence-corrected chi connectivity index (χ4v) is 1.75. The molecule has 1 aromatic carbocycles. The van der Waals surface area contributed by atoms with Gasteiger partial charge < -0.3 is 0 Å². The van der Waals surface area contributed by atoms with E-state index in [4.69, 9.17) is 0 Å². The van der Waals surface area contributed by atoms with Gasteiger partial charge in [-0.2, -0.15) is 0 Å². The summed E-state index contributed by atoms with van der Waals surface area (Å²) in [4.78, 5) is 25.0. The van der Waals surface area contributed by atoms with Crippen molar-refractivity contribution in [2.75, 3.05) is 4.90 Å². The molecule has 0 saturated heterocycles. The van der Waals surface area contributed by atoms with Gasteiger partial charge in [0.05, 0.1) is 5.69 Å². The van der Waals surface area contributed by atoms with Crippen LogP contribution < -0.4 is 4.90 Å². The van der Waals surface area contributed by atoms with E-state index in [1.54, 1.807) is 19.9 Å². The van der Waals surface area contributed by atoms with Crippen molar-refractivity contribution in [1.29, 1.82) is 0 Å². The minimum absolute atomic E-state index is 0.215. The van der Waals surface area contributed by atoms with Gasteiger partial charge in [-0.15, -0.1) is 0 Å². The molecule has 1 aliphatic rings. The van der Waals surface area contributed by atoms with Gasteiger partial charge in [0.25, 0.3) is 11.8 Å². The van der Waals surface area contributed by atoms with Crippen LogP contribution in [0.2, 0.25) is 0 Å². The summed E-state index contributed by atoms with van der Waals surface area (Å²) in [6.07, 6.45) is 0. The third-order valence-corrected chi connectivity index (χ3v) is 2.87. The maximum absolute atomic E-state index is 11.9. The van der Waals surface area contributed by atoms with E-state index in [1.165, 1.54) is 4.90 Å². The average molecular weight is 215 g/mol. The number of benzene rings is 1. The van der Waals surface area contributed by atoms with Gasteiger partial charge in [-0.25, -0.2) is 4.90 Å². The number of nitrogens with zero attached hydrogens (tertiary/aromatic N) is 1. The van der Waals surface area contributed by atoms with Crippen molar-refractivity contribution < 1.29 is 9.59 Å². The first-order valence-electron chi connectivity index (χ1n) is 5.15. The molecule has 0 spiro atoms. The van der Waals surface area contributed by atoms with Crippen molar-refractivity contribution >= 4 is 17.5 Å². The third-order valence-electron chi connectivity index (χ3n) is 2.87. The largest absolute Gasteiger partial charge is 0.269 e. The van der Waals surface area contributed by atoms with Gasteiger partial charge >= 0.3 is 0 Å². The number of aryl methyl sites for hydroxylation is 1. The molecule has 1 aliphatic heterocycles. The maximum atomic E-state index is 11.9. The standard InChI is InChI=1S/C13H13NO2/c1-8-5-4-6-11(7-8)14-12(15)9(2)10(3)13(14)16/h4-7H,1-3H3. The molecule has 1 aromatic rings. The number of amides is 2. The van der Waals surface area contributed by atoms with E-state index in [2.05, 4.69) is 0 Å². The Morgan fingerprint density at radius 3 is 2.00 bits per heavy atom. The van der Waals surface area contributed by atoms with Crippen molar-refractivity contribution in [2.45, 2.75) is 20.8 Å². The summed E-state index contributed by atoms with van der Waals surface area (Å²) in [7, 11) is 0. The summed E-state index contributed by atoms with van der Waals surface area (Å²) < 4.78 is 0. The third kappa shape index (κ3) is 1.45. The van der Waals surface area contributed by atoms with Crippen molar-refractivity contribution in [3.8, 4) is 0 Å². The first-order valence-corrected chi connectivity index (χ1v) is 5.15. The second-order valence-corrected chi connectivity index (χ2v) is 4.03. The zero-order chi connectivity index (χ0) is 11.9. The molecule has 0 N–H and O–H groups in total. The van der Waals surface area contributed by atoms with Crippen LogP contribution >= 0.6 is 0 Å². The van der Waals surface area contributed by atoms with Crippen LogP contribution in [-0.2, 0) is 9.59 Å². The van der Waals surface area contributed by atoms with Crippen LogP contribution in [0.25, 0.3) is 0 Å². The van der Waals surface area contributed by atoms with Crippen LogP contribution in [0.1, 0.15) is 19.4 Å². The minimum Gasteiger partial charge on any atom is -0.269 e. The number of imide groups is 1. The van der Waals surface area contributed by atoms with E-state index >= 15 is 0 Å². The van der Waals surface area contributed by atoms with E-state index in [-0.39, 0.29) is 11.8 Å². The Morgan fingerprint density at radius 1 is 0.938 bits per heavy atom. The molecule has 3 heteroatoms. The summed E-state index contributed by atoms with van der Waals surface area (Å²) in [6, 6.07) is 7.38. The van der Waals surface area contributed by atoms with Crippen LogP contribution in [-0.4, -0.2) is 11.8 Å². The second-order valence-electron chi connectivity index (χ2n) is 4.03. The van der Waals surface area contributed by atoms with Crippen molar-refractivity contribution in [1.82, 2.24) is 0 Å².